The maximum absolute atomic E-state index is 12.8. The molecule has 0 aliphatic heterocycles. The fraction of sp³-hybridized carbons (Fsp3) is 0.111. The largest absolute Gasteiger partial charge is 0.377 e. The summed E-state index contributed by atoms with van der Waals surface area (Å²) in [5.74, 6) is -0.280. The number of nitrogens with one attached hydrogen (secondary N) is 1. The van der Waals surface area contributed by atoms with E-state index in [0.29, 0.717) is 10.9 Å². The van der Waals surface area contributed by atoms with Gasteiger partial charge in [0.15, 0.2) is 5.75 Å². The summed E-state index contributed by atoms with van der Waals surface area (Å²) in [5.41, 5.74) is 1.55. The van der Waals surface area contributed by atoms with E-state index < -0.39 is 10.1 Å². The van der Waals surface area contributed by atoms with Crippen LogP contribution in [0.4, 0.5) is 5.69 Å². The van der Waals surface area contributed by atoms with Gasteiger partial charge in [0.25, 0.3) is 0 Å². The number of carbonyl (C=O) groups excluding carboxylic acids is 1. The summed E-state index contributed by atoms with van der Waals surface area (Å²) in [6, 6.07) is 13.1. The number of aromatic nitrogens is 1. The molecule has 6 nitrogen and oxygen atoms in total. The van der Waals surface area contributed by atoms with Crippen molar-refractivity contribution >= 4 is 32.6 Å². The summed E-state index contributed by atoms with van der Waals surface area (Å²) in [5, 5.41) is 3.26. The van der Waals surface area contributed by atoms with Crippen molar-refractivity contribution < 1.29 is 17.4 Å². The van der Waals surface area contributed by atoms with Crippen molar-refractivity contribution in [1.29, 1.82) is 0 Å². The van der Waals surface area contributed by atoms with E-state index in [1.54, 1.807) is 36.5 Å². The molecule has 128 valence electrons. The Hall–Kier alpha value is -2.93. The normalized spacial score (nSPS) is 11.3. The molecule has 7 heteroatoms. The van der Waals surface area contributed by atoms with Crippen molar-refractivity contribution in [3.63, 3.8) is 0 Å². The predicted molar refractivity (Wildman–Crippen MR) is 95.0 cm³/mol. The van der Waals surface area contributed by atoms with Gasteiger partial charge in [0.05, 0.1) is 11.2 Å². The molecule has 0 fully saturated rings. The third-order valence-corrected chi connectivity index (χ3v) is 4.74. The number of para-hydroxylation sites is 3. The molecule has 0 spiro atoms. The summed E-state index contributed by atoms with van der Waals surface area (Å²) >= 11 is 0. The van der Waals surface area contributed by atoms with Gasteiger partial charge < -0.3 is 9.50 Å². The van der Waals surface area contributed by atoms with Gasteiger partial charge in [-0.05, 0) is 36.8 Å². The van der Waals surface area contributed by atoms with Crippen LogP contribution >= 0.6 is 0 Å². The number of aryl methyl sites for hydroxylation is 1. The highest BCUT2D eigenvalue weighted by atomic mass is 32.2. The van der Waals surface area contributed by atoms with Crippen molar-refractivity contribution in [2.45, 2.75) is 18.7 Å². The molecule has 1 aromatic heterocycles. The van der Waals surface area contributed by atoms with E-state index in [-0.39, 0.29) is 22.2 Å². The summed E-state index contributed by atoms with van der Waals surface area (Å²) in [6.07, 6.45) is 1.60. The third kappa shape index (κ3) is 3.61. The lowest BCUT2D eigenvalue weighted by molar-refractivity contribution is -0.114. The minimum atomic E-state index is -4.12. The number of hydrogen-bond acceptors (Lipinski definition) is 5. The minimum absolute atomic E-state index is 0.0253. The van der Waals surface area contributed by atoms with Crippen molar-refractivity contribution in [2.75, 3.05) is 5.32 Å². The number of pyridine rings is 1. The van der Waals surface area contributed by atoms with Crippen LogP contribution in [-0.4, -0.2) is 19.3 Å². The van der Waals surface area contributed by atoms with Gasteiger partial charge in [0.2, 0.25) is 5.91 Å². The first-order valence-corrected chi connectivity index (χ1v) is 8.94. The molecule has 0 unspecified atom stereocenters. The molecule has 0 saturated heterocycles. The number of anilines is 1. The Morgan fingerprint density at radius 1 is 1.12 bits per heavy atom. The van der Waals surface area contributed by atoms with E-state index in [2.05, 4.69) is 10.3 Å². The number of carbonyl (C=O) groups is 1. The van der Waals surface area contributed by atoms with Crippen LogP contribution in [0.1, 0.15) is 12.5 Å². The lowest BCUT2D eigenvalue weighted by Gasteiger charge is -2.12. The first-order valence-electron chi connectivity index (χ1n) is 7.53. The fourth-order valence-corrected chi connectivity index (χ4v) is 3.56. The summed E-state index contributed by atoms with van der Waals surface area (Å²) < 4.78 is 30.8. The number of hydrogen-bond donors (Lipinski definition) is 1. The van der Waals surface area contributed by atoms with Crippen LogP contribution in [0.5, 0.6) is 5.75 Å². The van der Waals surface area contributed by atoms with E-state index in [1.165, 1.54) is 19.1 Å². The highest BCUT2D eigenvalue weighted by Crippen LogP contribution is 2.29. The third-order valence-electron chi connectivity index (χ3n) is 3.48. The maximum Gasteiger partial charge on any atom is 0.341 e. The molecule has 3 aromatic rings. The Balaban J connectivity index is 2.06. The number of amides is 1. The number of rotatable bonds is 4. The molecular formula is C18H16N2O4S. The Morgan fingerprint density at radius 2 is 1.88 bits per heavy atom. The van der Waals surface area contributed by atoms with E-state index in [1.807, 2.05) is 13.0 Å². The van der Waals surface area contributed by atoms with Crippen LogP contribution in [0, 0.1) is 6.92 Å². The number of benzene rings is 2. The molecule has 3 rings (SSSR count). The zero-order valence-corrected chi connectivity index (χ0v) is 14.5. The smallest absolute Gasteiger partial charge is 0.341 e. The molecule has 0 bridgehead atoms. The summed E-state index contributed by atoms with van der Waals surface area (Å²) in [4.78, 5) is 15.5. The quantitative estimate of drug-likeness (QED) is 0.725. The predicted octanol–water partition coefficient (Wildman–Crippen LogP) is 3.27. The van der Waals surface area contributed by atoms with Crippen molar-refractivity contribution in [2.24, 2.45) is 0 Å². The lowest BCUT2D eigenvalue weighted by Crippen LogP contribution is -2.13. The second-order valence-electron chi connectivity index (χ2n) is 5.56. The van der Waals surface area contributed by atoms with E-state index in [9.17, 15) is 13.2 Å². The zero-order chi connectivity index (χ0) is 18.0. The van der Waals surface area contributed by atoms with Crippen LogP contribution < -0.4 is 9.50 Å². The molecule has 2 aromatic carbocycles. The molecule has 1 amide bonds. The highest BCUT2D eigenvalue weighted by molar-refractivity contribution is 7.87. The van der Waals surface area contributed by atoms with E-state index >= 15 is 0 Å². The zero-order valence-electron chi connectivity index (χ0n) is 13.7. The van der Waals surface area contributed by atoms with Crippen LogP contribution in [0.2, 0.25) is 0 Å². The number of fused-ring (bicyclic) bond motifs is 1. The molecule has 1 heterocycles. The van der Waals surface area contributed by atoms with Crippen molar-refractivity contribution in [3.05, 3.63) is 60.3 Å². The molecule has 0 radical (unpaired) electrons. The average molecular weight is 356 g/mol. The Morgan fingerprint density at radius 3 is 2.64 bits per heavy atom. The van der Waals surface area contributed by atoms with Gasteiger partial charge in [-0.3, -0.25) is 9.78 Å². The molecule has 0 aliphatic rings. The first kappa shape index (κ1) is 16.9. The second kappa shape index (κ2) is 6.52. The van der Waals surface area contributed by atoms with Gasteiger partial charge in [-0.25, -0.2) is 0 Å². The van der Waals surface area contributed by atoms with Crippen LogP contribution in [0.3, 0.4) is 0 Å². The SMILES string of the molecule is CC(=O)Nc1ccccc1OS(=O)(=O)c1cccc2cc(C)cnc12. The molecule has 0 saturated carbocycles. The Bertz CT molecular complexity index is 1060. The summed E-state index contributed by atoms with van der Waals surface area (Å²) in [6.45, 7) is 3.22. The molecule has 0 aliphatic carbocycles. The fourth-order valence-electron chi connectivity index (χ4n) is 2.44. The molecule has 25 heavy (non-hydrogen) atoms. The average Bonchev–Trinajstić information content (AvgIpc) is 2.55. The van der Waals surface area contributed by atoms with Crippen LogP contribution in [-0.2, 0) is 14.9 Å². The van der Waals surface area contributed by atoms with E-state index in [4.69, 9.17) is 4.18 Å². The van der Waals surface area contributed by atoms with Gasteiger partial charge in [-0.2, -0.15) is 8.42 Å². The second-order valence-corrected chi connectivity index (χ2v) is 7.07. The highest BCUT2D eigenvalue weighted by Gasteiger charge is 2.22. The monoisotopic (exact) mass is 356 g/mol. The lowest BCUT2D eigenvalue weighted by atomic mass is 10.2. The Kier molecular flexibility index (Phi) is 4.41. The summed E-state index contributed by atoms with van der Waals surface area (Å²) in [7, 11) is -4.12. The standard InChI is InChI=1S/C18H16N2O4S/c1-12-10-14-6-5-9-17(18(14)19-11-12)25(22,23)24-16-8-4-3-7-15(16)20-13(2)21/h3-11H,1-2H3,(H,20,21). The Labute approximate surface area is 145 Å². The van der Waals surface area contributed by atoms with Gasteiger partial charge in [-0.15, -0.1) is 0 Å². The first-order chi connectivity index (χ1) is 11.9. The minimum Gasteiger partial charge on any atom is -0.377 e. The maximum atomic E-state index is 12.8. The van der Waals surface area contributed by atoms with Gasteiger partial charge in [0.1, 0.15) is 4.90 Å². The van der Waals surface area contributed by atoms with Crippen LogP contribution in [0.25, 0.3) is 10.9 Å². The van der Waals surface area contributed by atoms with Crippen LogP contribution in [0.15, 0.2) is 59.6 Å². The topological polar surface area (TPSA) is 85.4 Å². The van der Waals surface area contributed by atoms with Gasteiger partial charge >= 0.3 is 10.1 Å². The van der Waals surface area contributed by atoms with Crippen molar-refractivity contribution in [1.82, 2.24) is 4.98 Å². The van der Waals surface area contributed by atoms with Gasteiger partial charge in [0, 0.05) is 18.5 Å². The molecular weight excluding hydrogens is 340 g/mol. The van der Waals surface area contributed by atoms with Crippen molar-refractivity contribution in [3.8, 4) is 5.75 Å². The molecule has 1 N–H and O–H groups in total. The molecule has 0 atom stereocenters. The number of nitrogens with zero attached hydrogens (tertiary/aromatic N) is 1. The van der Waals surface area contributed by atoms with E-state index in [0.717, 1.165) is 5.56 Å². The van der Waals surface area contributed by atoms with Gasteiger partial charge in [-0.1, -0.05) is 24.3 Å².